The largest absolute Gasteiger partial charge is 0.306 e. The summed E-state index contributed by atoms with van der Waals surface area (Å²) in [5, 5.41) is 3.59. The Morgan fingerprint density at radius 3 is 2.00 bits per heavy atom. The number of hydrogen-bond donors (Lipinski definition) is 1. The Labute approximate surface area is 179 Å². The average molecular weight is 400 g/mol. The van der Waals surface area contributed by atoms with Crippen molar-refractivity contribution in [3.05, 3.63) is 96.6 Å². The lowest BCUT2D eigenvalue weighted by molar-refractivity contribution is -0.117. The van der Waals surface area contributed by atoms with Gasteiger partial charge in [0, 0.05) is 29.9 Å². The summed E-state index contributed by atoms with van der Waals surface area (Å²) < 4.78 is 0. The minimum absolute atomic E-state index is 0.0538. The summed E-state index contributed by atoms with van der Waals surface area (Å²) in [5.74, 6) is 0.429. The maximum atomic E-state index is 13.3. The highest BCUT2D eigenvalue weighted by molar-refractivity contribution is 6.01. The highest BCUT2D eigenvalue weighted by atomic mass is 16.2. The fraction of sp³-hybridized carbons (Fsp3) is 0.269. The minimum Gasteiger partial charge on any atom is -0.306 e. The van der Waals surface area contributed by atoms with Gasteiger partial charge >= 0.3 is 0 Å². The Kier molecular flexibility index (Phi) is 6.57. The van der Waals surface area contributed by atoms with Gasteiger partial charge in [0.1, 0.15) is 0 Å². The van der Waals surface area contributed by atoms with Gasteiger partial charge in [-0.2, -0.15) is 0 Å². The molecule has 0 aromatic heterocycles. The van der Waals surface area contributed by atoms with E-state index in [-0.39, 0.29) is 11.9 Å². The molecule has 0 aliphatic carbocycles. The van der Waals surface area contributed by atoms with E-state index in [0.29, 0.717) is 12.5 Å². The number of nitrogens with zero attached hydrogens (tertiary/aromatic N) is 2. The molecule has 0 saturated carbocycles. The molecule has 3 aromatic rings. The number of benzene rings is 3. The number of amides is 1. The van der Waals surface area contributed by atoms with Crippen LogP contribution < -0.4 is 10.2 Å². The van der Waals surface area contributed by atoms with E-state index in [2.05, 4.69) is 47.6 Å². The summed E-state index contributed by atoms with van der Waals surface area (Å²) in [6.45, 7) is 2.34. The monoisotopic (exact) mass is 399 g/mol. The Morgan fingerprint density at radius 2 is 1.43 bits per heavy atom. The van der Waals surface area contributed by atoms with Gasteiger partial charge < -0.3 is 10.2 Å². The number of rotatable bonds is 6. The molecule has 1 amide bonds. The van der Waals surface area contributed by atoms with Crippen LogP contribution in [0.1, 0.15) is 17.9 Å². The highest BCUT2D eigenvalue weighted by Gasteiger charge is 2.29. The molecule has 1 fully saturated rings. The Hall–Kier alpha value is -2.95. The quantitative estimate of drug-likeness (QED) is 0.666. The van der Waals surface area contributed by atoms with Gasteiger partial charge in [-0.05, 0) is 49.8 Å². The van der Waals surface area contributed by atoms with E-state index < -0.39 is 0 Å². The number of likely N-dealkylation sites (tertiary alicyclic amines) is 1. The van der Waals surface area contributed by atoms with Gasteiger partial charge in [-0.3, -0.25) is 9.69 Å². The first-order chi connectivity index (χ1) is 14.7. The zero-order chi connectivity index (χ0) is 20.8. The molecule has 0 bridgehead atoms. The highest BCUT2D eigenvalue weighted by Crippen LogP contribution is 2.28. The molecule has 2 atom stereocenters. The molecule has 0 radical (unpaired) electrons. The van der Waals surface area contributed by atoms with Crippen LogP contribution in [0, 0.1) is 0 Å². The number of piperidine rings is 1. The van der Waals surface area contributed by atoms with Gasteiger partial charge in [0.15, 0.2) is 0 Å². The number of anilines is 2. The first kappa shape index (κ1) is 20.3. The summed E-state index contributed by atoms with van der Waals surface area (Å²) in [5.41, 5.74) is 3.11. The van der Waals surface area contributed by atoms with Crippen LogP contribution in [0.5, 0.6) is 0 Å². The third kappa shape index (κ3) is 4.78. The minimum atomic E-state index is 0.0538. The second kappa shape index (κ2) is 9.70. The third-order valence-corrected chi connectivity index (χ3v) is 5.84. The molecule has 4 nitrogen and oxygen atoms in total. The first-order valence-electron chi connectivity index (χ1n) is 10.6. The molecule has 1 saturated heterocycles. The smallest absolute Gasteiger partial charge is 0.245 e. The number of hydrogen-bond acceptors (Lipinski definition) is 3. The topological polar surface area (TPSA) is 35.6 Å². The Morgan fingerprint density at radius 1 is 0.900 bits per heavy atom. The zero-order valence-electron chi connectivity index (χ0n) is 17.4. The molecule has 0 spiro atoms. The van der Waals surface area contributed by atoms with Crippen molar-refractivity contribution in [1.29, 1.82) is 0 Å². The number of likely N-dealkylation sites (N-methyl/N-ethyl adjacent to an activating group) is 1. The number of carbonyl (C=O) groups is 1. The summed E-state index contributed by atoms with van der Waals surface area (Å²) in [7, 11) is 2.17. The van der Waals surface area contributed by atoms with Gasteiger partial charge in [-0.15, -0.1) is 0 Å². The average Bonchev–Trinajstić information content (AvgIpc) is 2.80. The fourth-order valence-corrected chi connectivity index (χ4v) is 4.29. The van der Waals surface area contributed by atoms with E-state index in [1.54, 1.807) is 4.90 Å². The lowest BCUT2D eigenvalue weighted by atomic mass is 9.86. The van der Waals surface area contributed by atoms with Crippen molar-refractivity contribution in [1.82, 2.24) is 10.2 Å². The number of para-hydroxylation sites is 2. The van der Waals surface area contributed by atoms with E-state index in [4.69, 9.17) is 0 Å². The van der Waals surface area contributed by atoms with Crippen LogP contribution in [0.2, 0.25) is 0 Å². The molecule has 4 rings (SSSR count). The van der Waals surface area contributed by atoms with Crippen molar-refractivity contribution >= 4 is 17.3 Å². The molecule has 3 aromatic carbocycles. The van der Waals surface area contributed by atoms with Gasteiger partial charge in [0.25, 0.3) is 0 Å². The third-order valence-electron chi connectivity index (χ3n) is 5.84. The van der Waals surface area contributed by atoms with Gasteiger partial charge in [-0.1, -0.05) is 66.7 Å². The molecular formula is C26H29N3O. The Bertz CT molecular complexity index is 891. The van der Waals surface area contributed by atoms with Crippen molar-refractivity contribution in [3.63, 3.8) is 0 Å². The molecule has 0 unspecified atom stereocenters. The lowest BCUT2D eigenvalue weighted by Crippen LogP contribution is -2.49. The first-order valence-corrected chi connectivity index (χ1v) is 10.6. The van der Waals surface area contributed by atoms with E-state index >= 15 is 0 Å². The summed E-state index contributed by atoms with van der Waals surface area (Å²) in [4.78, 5) is 17.5. The van der Waals surface area contributed by atoms with Crippen molar-refractivity contribution in [2.45, 2.75) is 18.4 Å². The fourth-order valence-electron chi connectivity index (χ4n) is 4.29. The standard InChI is InChI=1S/C26H29N3O/c1-28-18-17-25(24(20-28)21-11-5-2-6-12-21)27-19-26(30)29(22-13-7-3-8-14-22)23-15-9-4-10-16-23/h2-16,24-25,27H,17-20H2,1H3/t24-,25+/m0/s1. The molecule has 1 aliphatic rings. The summed E-state index contributed by atoms with van der Waals surface area (Å²) in [6.07, 6.45) is 1.03. The van der Waals surface area contributed by atoms with E-state index in [0.717, 1.165) is 30.9 Å². The van der Waals surface area contributed by atoms with Crippen LogP contribution in [0.4, 0.5) is 11.4 Å². The molecule has 30 heavy (non-hydrogen) atoms. The zero-order valence-corrected chi connectivity index (χ0v) is 17.4. The molecule has 1 aliphatic heterocycles. The normalized spacial score (nSPS) is 19.4. The van der Waals surface area contributed by atoms with Crippen molar-refractivity contribution < 1.29 is 4.79 Å². The van der Waals surface area contributed by atoms with E-state index in [9.17, 15) is 4.79 Å². The van der Waals surface area contributed by atoms with Crippen LogP contribution in [0.25, 0.3) is 0 Å². The lowest BCUT2D eigenvalue weighted by Gasteiger charge is -2.38. The van der Waals surface area contributed by atoms with E-state index in [1.807, 2.05) is 60.7 Å². The predicted molar refractivity (Wildman–Crippen MR) is 123 cm³/mol. The summed E-state index contributed by atoms with van der Waals surface area (Å²) in [6, 6.07) is 30.6. The molecule has 4 heteroatoms. The van der Waals surface area contributed by atoms with Crippen molar-refractivity contribution in [2.75, 3.05) is 31.6 Å². The van der Waals surface area contributed by atoms with E-state index in [1.165, 1.54) is 5.56 Å². The van der Waals surface area contributed by atoms with Crippen molar-refractivity contribution in [3.8, 4) is 0 Å². The maximum absolute atomic E-state index is 13.3. The SMILES string of the molecule is CN1CC[C@@H](NCC(=O)N(c2ccccc2)c2ccccc2)[C@H](c2ccccc2)C1. The predicted octanol–water partition coefficient (Wildman–Crippen LogP) is 4.43. The molecular weight excluding hydrogens is 370 g/mol. The van der Waals surface area contributed by atoms with Crippen molar-refractivity contribution in [2.24, 2.45) is 0 Å². The van der Waals surface area contributed by atoms with Crippen LogP contribution in [-0.2, 0) is 4.79 Å². The second-order valence-corrected chi connectivity index (χ2v) is 7.96. The molecule has 1 heterocycles. The van der Waals surface area contributed by atoms with Crippen LogP contribution in [-0.4, -0.2) is 43.5 Å². The van der Waals surface area contributed by atoms with Crippen LogP contribution >= 0.6 is 0 Å². The van der Waals surface area contributed by atoms with Gasteiger partial charge in [0.2, 0.25) is 5.91 Å². The van der Waals surface area contributed by atoms with Gasteiger partial charge in [0.05, 0.1) is 6.54 Å². The number of carbonyl (C=O) groups excluding carboxylic acids is 1. The maximum Gasteiger partial charge on any atom is 0.245 e. The molecule has 1 N–H and O–H groups in total. The van der Waals surface area contributed by atoms with Gasteiger partial charge in [-0.25, -0.2) is 0 Å². The molecule has 154 valence electrons. The van der Waals surface area contributed by atoms with Crippen LogP contribution in [0.15, 0.2) is 91.0 Å². The Balaban J connectivity index is 1.51. The van der Waals surface area contributed by atoms with Crippen LogP contribution in [0.3, 0.4) is 0 Å². The summed E-state index contributed by atoms with van der Waals surface area (Å²) >= 11 is 0. The second-order valence-electron chi connectivity index (χ2n) is 7.96. The number of nitrogens with one attached hydrogen (secondary N) is 1.